The summed E-state index contributed by atoms with van der Waals surface area (Å²) in [7, 11) is 4.45. The quantitative estimate of drug-likeness (QED) is 0.729. The summed E-state index contributed by atoms with van der Waals surface area (Å²) in [4.78, 5) is 0. The first kappa shape index (κ1) is 15.5. The van der Waals surface area contributed by atoms with Gasteiger partial charge in [0, 0.05) is 0 Å². The highest BCUT2D eigenvalue weighted by Gasteiger charge is 2.15. The highest BCUT2D eigenvalue weighted by atomic mass is 35.5. The number of hydrogen-bond donors (Lipinski definition) is 0. The van der Waals surface area contributed by atoms with Gasteiger partial charge in [-0.1, -0.05) is 54.6 Å². The van der Waals surface area contributed by atoms with E-state index in [1.165, 1.54) is 11.3 Å². The highest BCUT2D eigenvalue weighted by Crippen LogP contribution is 2.17. The number of hydrogen-bond acceptors (Lipinski definition) is 0. The van der Waals surface area contributed by atoms with E-state index in [2.05, 4.69) is 80.8 Å². The lowest BCUT2D eigenvalue weighted by Gasteiger charge is -2.27. The van der Waals surface area contributed by atoms with Crippen molar-refractivity contribution >= 4 is 11.8 Å². The lowest BCUT2D eigenvalue weighted by molar-refractivity contribution is -0.00000375. The monoisotopic (exact) mass is 273 g/mol. The van der Waals surface area contributed by atoms with Crippen molar-refractivity contribution in [3.05, 3.63) is 72.3 Å². The molecular weight excluding hydrogens is 254 g/mol. The molecule has 2 heteroatoms. The summed E-state index contributed by atoms with van der Waals surface area (Å²) in [5.74, 6) is 0. The van der Waals surface area contributed by atoms with Crippen LogP contribution < -0.4 is 16.9 Å². The van der Waals surface area contributed by atoms with Gasteiger partial charge in [0.2, 0.25) is 0 Å². The van der Waals surface area contributed by atoms with Crippen LogP contribution >= 0.6 is 0 Å². The Balaban J connectivity index is 0.00000180. The van der Waals surface area contributed by atoms with Crippen LogP contribution in [0.4, 0.5) is 5.69 Å². The first-order valence-corrected chi connectivity index (χ1v) is 6.29. The molecule has 0 radical (unpaired) electrons. The molecule has 1 nitrogen and oxygen atoms in total. The van der Waals surface area contributed by atoms with Crippen LogP contribution in [0.1, 0.15) is 5.56 Å². The molecule has 0 saturated carbocycles. The fraction of sp³-hybridized carbons (Fsp3) is 0.176. The molecule has 0 amide bonds. The number of nitrogens with zero attached hydrogens (tertiary/aromatic N) is 1. The Morgan fingerprint density at radius 3 is 1.95 bits per heavy atom. The zero-order chi connectivity index (χ0) is 12.8. The summed E-state index contributed by atoms with van der Waals surface area (Å²) in [5, 5.41) is 0. The summed E-state index contributed by atoms with van der Waals surface area (Å²) in [6, 6.07) is 21.0. The van der Waals surface area contributed by atoms with E-state index >= 15 is 0 Å². The van der Waals surface area contributed by atoms with Crippen LogP contribution in [0.2, 0.25) is 0 Å². The Morgan fingerprint density at radius 2 is 1.37 bits per heavy atom. The Bertz CT molecular complexity index is 503. The summed E-state index contributed by atoms with van der Waals surface area (Å²) in [6.45, 7) is 0.985. The number of halogens is 1. The average Bonchev–Trinajstić information content (AvgIpc) is 2.41. The number of quaternary nitrogens is 1. The fourth-order valence-electron chi connectivity index (χ4n) is 1.95. The molecular formula is C17H20ClN. The highest BCUT2D eigenvalue weighted by molar-refractivity contribution is 5.50. The van der Waals surface area contributed by atoms with Gasteiger partial charge in [-0.15, -0.1) is 0 Å². The lowest BCUT2D eigenvalue weighted by Crippen LogP contribution is -3.00. The molecule has 0 heterocycles. The van der Waals surface area contributed by atoms with Gasteiger partial charge in [-0.3, -0.25) is 4.48 Å². The number of para-hydroxylation sites is 1. The molecule has 0 fully saturated rings. The molecule has 2 aromatic carbocycles. The smallest absolute Gasteiger partial charge is 0.132 e. The molecule has 0 unspecified atom stereocenters. The van der Waals surface area contributed by atoms with Gasteiger partial charge in [0.25, 0.3) is 0 Å². The van der Waals surface area contributed by atoms with Crippen molar-refractivity contribution in [3.8, 4) is 0 Å². The van der Waals surface area contributed by atoms with Gasteiger partial charge < -0.3 is 12.4 Å². The maximum Gasteiger partial charge on any atom is 0.132 e. The van der Waals surface area contributed by atoms with Crippen molar-refractivity contribution in [2.45, 2.75) is 0 Å². The molecule has 0 spiro atoms. The van der Waals surface area contributed by atoms with Crippen molar-refractivity contribution in [1.82, 2.24) is 4.48 Å². The van der Waals surface area contributed by atoms with Gasteiger partial charge >= 0.3 is 0 Å². The molecule has 0 aliphatic carbocycles. The third-order valence-electron chi connectivity index (χ3n) is 3.13. The van der Waals surface area contributed by atoms with Crippen LogP contribution in [-0.2, 0) is 0 Å². The maximum atomic E-state index is 2.24. The molecule has 100 valence electrons. The molecule has 0 aliphatic heterocycles. The van der Waals surface area contributed by atoms with Crippen molar-refractivity contribution < 1.29 is 12.4 Å². The van der Waals surface area contributed by atoms with Crippen LogP contribution in [0.15, 0.2) is 66.7 Å². The van der Waals surface area contributed by atoms with Crippen molar-refractivity contribution in [2.75, 3.05) is 20.6 Å². The normalized spacial score (nSPS) is 11.3. The largest absolute Gasteiger partial charge is 1.00 e. The minimum atomic E-state index is 0. The molecule has 19 heavy (non-hydrogen) atoms. The second-order valence-electron chi connectivity index (χ2n) is 5.02. The van der Waals surface area contributed by atoms with Crippen molar-refractivity contribution in [3.63, 3.8) is 0 Å². The first-order chi connectivity index (χ1) is 8.68. The molecule has 0 N–H and O–H groups in total. The summed E-state index contributed by atoms with van der Waals surface area (Å²) in [5.41, 5.74) is 2.58. The summed E-state index contributed by atoms with van der Waals surface area (Å²) < 4.78 is 0.865. The van der Waals surface area contributed by atoms with E-state index in [0.29, 0.717) is 0 Å². The maximum absolute atomic E-state index is 2.24. The van der Waals surface area contributed by atoms with Crippen LogP contribution in [0, 0.1) is 0 Å². The van der Waals surface area contributed by atoms with Gasteiger partial charge in [-0.25, -0.2) is 0 Å². The zero-order valence-electron chi connectivity index (χ0n) is 11.5. The lowest BCUT2D eigenvalue weighted by atomic mass is 10.2. The Labute approximate surface area is 122 Å². The van der Waals surface area contributed by atoms with Gasteiger partial charge in [-0.05, 0) is 23.8 Å². The van der Waals surface area contributed by atoms with E-state index in [4.69, 9.17) is 0 Å². The second-order valence-corrected chi connectivity index (χ2v) is 5.02. The van der Waals surface area contributed by atoms with Crippen molar-refractivity contribution in [1.29, 1.82) is 0 Å². The molecule has 2 rings (SSSR count). The van der Waals surface area contributed by atoms with E-state index in [-0.39, 0.29) is 12.4 Å². The Kier molecular flexibility index (Phi) is 5.81. The van der Waals surface area contributed by atoms with Crippen LogP contribution in [0.3, 0.4) is 0 Å². The zero-order valence-corrected chi connectivity index (χ0v) is 12.2. The number of likely N-dealkylation sites (N-methyl/N-ethyl adjacent to an activating group) is 1. The van der Waals surface area contributed by atoms with Crippen LogP contribution in [0.25, 0.3) is 6.08 Å². The van der Waals surface area contributed by atoms with Gasteiger partial charge in [0.1, 0.15) is 12.2 Å². The standard InChI is InChI=1S/C17H20N.ClH/c1-18(2,17-13-7-4-8-14-17)15-9-12-16-10-5-3-6-11-16;/h3-14H,15H2,1-2H3;1H/q+1;/p-1. The van der Waals surface area contributed by atoms with E-state index < -0.39 is 0 Å². The molecule has 0 bridgehead atoms. The minimum absolute atomic E-state index is 0. The average molecular weight is 274 g/mol. The summed E-state index contributed by atoms with van der Waals surface area (Å²) >= 11 is 0. The molecule has 0 aliphatic rings. The molecule has 2 aromatic rings. The third kappa shape index (κ3) is 4.55. The van der Waals surface area contributed by atoms with E-state index in [0.717, 1.165) is 11.0 Å². The topological polar surface area (TPSA) is 0 Å². The molecule has 0 saturated heterocycles. The minimum Gasteiger partial charge on any atom is -1.00 e. The van der Waals surface area contributed by atoms with Gasteiger partial charge in [-0.2, -0.15) is 0 Å². The van der Waals surface area contributed by atoms with Gasteiger partial charge in [0.15, 0.2) is 0 Å². The fourth-order valence-corrected chi connectivity index (χ4v) is 1.95. The van der Waals surface area contributed by atoms with Gasteiger partial charge in [0.05, 0.1) is 14.1 Å². The van der Waals surface area contributed by atoms with Crippen LogP contribution in [-0.4, -0.2) is 20.6 Å². The Morgan fingerprint density at radius 1 is 0.842 bits per heavy atom. The van der Waals surface area contributed by atoms with Crippen LogP contribution in [0.5, 0.6) is 0 Å². The third-order valence-corrected chi connectivity index (χ3v) is 3.13. The Hall–Kier alpha value is -1.57. The van der Waals surface area contributed by atoms with E-state index in [1.807, 2.05) is 6.07 Å². The number of rotatable bonds is 4. The molecule has 0 aromatic heterocycles. The predicted molar refractivity (Wildman–Crippen MR) is 80.4 cm³/mol. The van der Waals surface area contributed by atoms with E-state index in [1.54, 1.807) is 0 Å². The van der Waals surface area contributed by atoms with Crippen molar-refractivity contribution in [2.24, 2.45) is 0 Å². The number of benzene rings is 2. The van der Waals surface area contributed by atoms with E-state index in [9.17, 15) is 0 Å². The molecule has 0 atom stereocenters. The SMILES string of the molecule is C[N+](C)(CC=Cc1ccccc1)c1ccccc1.[Cl-]. The first-order valence-electron chi connectivity index (χ1n) is 6.29. The second kappa shape index (κ2) is 7.13. The summed E-state index contributed by atoms with van der Waals surface area (Å²) in [6.07, 6.45) is 4.42. The predicted octanol–water partition coefficient (Wildman–Crippen LogP) is 0.971.